The van der Waals surface area contributed by atoms with E-state index in [0.717, 1.165) is 36.6 Å². The maximum absolute atomic E-state index is 4.78. The van der Waals surface area contributed by atoms with Crippen LogP contribution in [-0.4, -0.2) is 26.3 Å². The van der Waals surface area contributed by atoms with Gasteiger partial charge in [-0.05, 0) is 30.7 Å². The summed E-state index contributed by atoms with van der Waals surface area (Å²) in [6, 6.07) is 8.30. The quantitative estimate of drug-likeness (QED) is 0.756. The van der Waals surface area contributed by atoms with Gasteiger partial charge in [-0.2, -0.15) is 5.10 Å². The number of H-pyrrole nitrogens is 1. The number of aryl methyl sites for hydroxylation is 1. The lowest BCUT2D eigenvalue weighted by molar-refractivity contribution is 0.627. The van der Waals surface area contributed by atoms with Crippen LogP contribution in [0.4, 0.5) is 0 Å². The highest BCUT2D eigenvalue weighted by Crippen LogP contribution is 2.27. The van der Waals surface area contributed by atoms with E-state index in [-0.39, 0.29) is 0 Å². The zero-order valence-electron chi connectivity index (χ0n) is 11.9. The van der Waals surface area contributed by atoms with Crippen LogP contribution >= 0.6 is 0 Å². The molecule has 1 aliphatic rings. The third kappa shape index (κ3) is 2.15. The number of imidazole rings is 1. The van der Waals surface area contributed by atoms with Crippen molar-refractivity contribution in [3.63, 3.8) is 0 Å². The predicted octanol–water partition coefficient (Wildman–Crippen LogP) is 2.22. The molecule has 0 radical (unpaired) electrons. The topological polar surface area (TPSA) is 58.5 Å². The van der Waals surface area contributed by atoms with Crippen molar-refractivity contribution < 1.29 is 0 Å². The Morgan fingerprint density at radius 2 is 2.24 bits per heavy atom. The second kappa shape index (κ2) is 4.86. The highest BCUT2D eigenvalue weighted by molar-refractivity contribution is 5.68. The number of benzene rings is 1. The molecule has 3 aromatic rings. The highest BCUT2D eigenvalue weighted by Gasteiger charge is 2.17. The molecule has 5 heteroatoms. The van der Waals surface area contributed by atoms with Crippen molar-refractivity contribution in [3.8, 4) is 17.1 Å². The average molecular weight is 279 g/mol. The number of aromatic nitrogens is 4. The normalized spacial score (nSPS) is 14.1. The van der Waals surface area contributed by atoms with E-state index in [1.807, 2.05) is 16.9 Å². The van der Waals surface area contributed by atoms with Crippen LogP contribution in [0.3, 0.4) is 0 Å². The number of hydrogen-bond donors (Lipinski definition) is 2. The molecule has 5 nitrogen and oxygen atoms in total. The van der Waals surface area contributed by atoms with E-state index < -0.39 is 0 Å². The molecular weight excluding hydrogens is 262 g/mol. The second-order valence-corrected chi connectivity index (χ2v) is 5.41. The van der Waals surface area contributed by atoms with Gasteiger partial charge < -0.3 is 10.3 Å². The van der Waals surface area contributed by atoms with Gasteiger partial charge in [0.25, 0.3) is 0 Å². The number of nitrogens with one attached hydrogen (secondary N) is 2. The van der Waals surface area contributed by atoms with Crippen LogP contribution in [0.25, 0.3) is 17.1 Å². The molecule has 0 spiro atoms. The van der Waals surface area contributed by atoms with Crippen LogP contribution in [0.1, 0.15) is 17.0 Å². The Labute approximate surface area is 123 Å². The number of rotatable bonds is 2. The van der Waals surface area contributed by atoms with Gasteiger partial charge in [0.15, 0.2) is 0 Å². The molecule has 0 bridgehead atoms. The molecule has 0 aliphatic carbocycles. The van der Waals surface area contributed by atoms with Crippen molar-refractivity contribution in [2.75, 3.05) is 6.54 Å². The van der Waals surface area contributed by atoms with E-state index in [2.05, 4.69) is 40.5 Å². The van der Waals surface area contributed by atoms with Crippen molar-refractivity contribution in [1.29, 1.82) is 0 Å². The van der Waals surface area contributed by atoms with E-state index in [1.54, 1.807) is 6.20 Å². The maximum Gasteiger partial charge on any atom is 0.140 e. The Morgan fingerprint density at radius 1 is 1.29 bits per heavy atom. The van der Waals surface area contributed by atoms with Crippen LogP contribution in [0.2, 0.25) is 0 Å². The zero-order chi connectivity index (χ0) is 14.2. The van der Waals surface area contributed by atoms with Crippen molar-refractivity contribution >= 4 is 0 Å². The third-order valence-electron chi connectivity index (χ3n) is 3.86. The summed E-state index contributed by atoms with van der Waals surface area (Å²) >= 11 is 0. The fourth-order valence-corrected chi connectivity index (χ4v) is 2.79. The van der Waals surface area contributed by atoms with Gasteiger partial charge in [0.2, 0.25) is 0 Å². The summed E-state index contributed by atoms with van der Waals surface area (Å²) in [5.41, 5.74) is 5.72. The van der Waals surface area contributed by atoms with E-state index >= 15 is 0 Å². The Hall–Kier alpha value is -2.40. The van der Waals surface area contributed by atoms with Gasteiger partial charge in [-0.1, -0.05) is 6.07 Å². The number of aromatic amines is 1. The largest absolute Gasteiger partial charge is 0.340 e. The van der Waals surface area contributed by atoms with Crippen LogP contribution in [0.15, 0.2) is 36.7 Å². The molecule has 0 saturated heterocycles. The first-order valence-corrected chi connectivity index (χ1v) is 7.21. The van der Waals surface area contributed by atoms with Gasteiger partial charge in [0.1, 0.15) is 5.82 Å². The maximum atomic E-state index is 4.78. The monoisotopic (exact) mass is 279 g/mol. The molecule has 4 rings (SSSR count). The minimum absolute atomic E-state index is 0.866. The summed E-state index contributed by atoms with van der Waals surface area (Å²) in [5.74, 6) is 0.925. The van der Waals surface area contributed by atoms with Gasteiger partial charge in [-0.25, -0.2) is 9.67 Å². The minimum atomic E-state index is 0.866. The number of hydrogen-bond acceptors (Lipinski definition) is 3. The summed E-state index contributed by atoms with van der Waals surface area (Å²) in [6.45, 7) is 3.95. The van der Waals surface area contributed by atoms with Gasteiger partial charge in [-0.15, -0.1) is 0 Å². The van der Waals surface area contributed by atoms with Crippen LogP contribution in [0.5, 0.6) is 0 Å². The lowest BCUT2D eigenvalue weighted by Gasteiger charge is -2.09. The molecular formula is C16H17N5. The average Bonchev–Trinajstić information content (AvgIpc) is 3.16. The van der Waals surface area contributed by atoms with Crippen molar-refractivity contribution in [1.82, 2.24) is 25.1 Å². The second-order valence-electron chi connectivity index (χ2n) is 5.41. The van der Waals surface area contributed by atoms with Crippen molar-refractivity contribution in [2.45, 2.75) is 19.9 Å². The minimum Gasteiger partial charge on any atom is -0.340 e. The molecule has 0 atom stereocenters. The molecule has 0 saturated carbocycles. The standard InChI is InChI=1S/C16H17N5/c1-11-3-4-12(15(9-11)21-8-2-6-18-21)16-19-13-5-7-17-10-14(13)20-16/h2-4,6,8-9,17H,5,7,10H2,1H3,(H,19,20). The predicted molar refractivity (Wildman–Crippen MR) is 81.3 cm³/mol. The molecule has 3 heterocycles. The van der Waals surface area contributed by atoms with E-state index in [9.17, 15) is 0 Å². The third-order valence-corrected chi connectivity index (χ3v) is 3.86. The van der Waals surface area contributed by atoms with Crippen LogP contribution in [0, 0.1) is 6.92 Å². The van der Waals surface area contributed by atoms with Gasteiger partial charge >= 0.3 is 0 Å². The molecule has 0 fully saturated rings. The summed E-state index contributed by atoms with van der Waals surface area (Å²) in [6.07, 6.45) is 4.74. The Bertz CT molecular complexity index is 747. The van der Waals surface area contributed by atoms with Crippen molar-refractivity contribution in [3.05, 3.63) is 53.6 Å². The molecule has 1 aliphatic heterocycles. The Morgan fingerprint density at radius 3 is 3.05 bits per heavy atom. The fraction of sp³-hybridized carbons (Fsp3) is 0.250. The van der Waals surface area contributed by atoms with Crippen molar-refractivity contribution in [2.24, 2.45) is 0 Å². The lowest BCUT2D eigenvalue weighted by atomic mass is 10.1. The Balaban J connectivity index is 1.86. The summed E-state index contributed by atoms with van der Waals surface area (Å²) < 4.78 is 1.89. The molecule has 2 N–H and O–H groups in total. The lowest BCUT2D eigenvalue weighted by Crippen LogP contribution is -2.23. The van der Waals surface area contributed by atoms with Gasteiger partial charge in [0, 0.05) is 37.5 Å². The van der Waals surface area contributed by atoms with Gasteiger partial charge in [-0.3, -0.25) is 0 Å². The molecule has 106 valence electrons. The fourth-order valence-electron chi connectivity index (χ4n) is 2.79. The molecule has 21 heavy (non-hydrogen) atoms. The SMILES string of the molecule is Cc1ccc(-c2nc3c([nH]2)CNCC3)c(-n2cccn2)c1. The van der Waals surface area contributed by atoms with E-state index in [4.69, 9.17) is 4.98 Å². The van der Waals surface area contributed by atoms with Gasteiger partial charge in [0.05, 0.1) is 17.1 Å². The molecule has 0 unspecified atom stereocenters. The summed E-state index contributed by atoms with van der Waals surface area (Å²) in [4.78, 5) is 8.24. The van der Waals surface area contributed by atoms with Crippen LogP contribution < -0.4 is 5.32 Å². The molecule has 1 aromatic carbocycles. The highest BCUT2D eigenvalue weighted by atomic mass is 15.3. The first kappa shape index (κ1) is 12.3. The Kier molecular flexibility index (Phi) is 2.86. The van der Waals surface area contributed by atoms with Crippen LogP contribution in [-0.2, 0) is 13.0 Å². The first-order chi connectivity index (χ1) is 10.3. The molecule has 0 amide bonds. The van der Waals surface area contributed by atoms with E-state index in [0.29, 0.717) is 0 Å². The molecule has 2 aromatic heterocycles. The first-order valence-electron chi connectivity index (χ1n) is 7.21. The van der Waals surface area contributed by atoms with E-state index in [1.165, 1.54) is 17.0 Å². The smallest absolute Gasteiger partial charge is 0.140 e. The summed E-state index contributed by atoms with van der Waals surface area (Å²) in [7, 11) is 0. The zero-order valence-corrected chi connectivity index (χ0v) is 11.9. The number of fused-ring (bicyclic) bond motifs is 1. The summed E-state index contributed by atoms with van der Waals surface area (Å²) in [5, 5.41) is 7.73. The number of nitrogens with zero attached hydrogens (tertiary/aromatic N) is 3.